The van der Waals surface area contributed by atoms with Crippen LogP contribution in [0.25, 0.3) is 0 Å². The van der Waals surface area contributed by atoms with Crippen LogP contribution in [0.3, 0.4) is 0 Å². The van der Waals surface area contributed by atoms with Crippen molar-refractivity contribution in [3.05, 3.63) is 60.9 Å². The number of Topliss-reactive ketones (excluding diaryl/α,β-unsaturated/α-hetero) is 1. The van der Waals surface area contributed by atoms with Gasteiger partial charge in [-0.3, -0.25) is 18.7 Å². The van der Waals surface area contributed by atoms with Crippen molar-refractivity contribution in [2.75, 3.05) is 0 Å². The summed E-state index contributed by atoms with van der Waals surface area (Å²) in [6.45, 7) is 1.96. The zero-order valence-corrected chi connectivity index (χ0v) is 14.4. The molecule has 0 fully saturated rings. The van der Waals surface area contributed by atoms with Crippen LogP contribution in [-0.2, 0) is 20.7 Å². The van der Waals surface area contributed by atoms with E-state index in [4.69, 9.17) is 16.3 Å². The van der Waals surface area contributed by atoms with E-state index >= 15 is 0 Å². The second kappa shape index (κ2) is 5.94. The third kappa shape index (κ3) is 2.57. The molecular weight excluding hydrogens is 332 g/mol. The first-order valence-electron chi connectivity index (χ1n) is 7.55. The first-order chi connectivity index (χ1) is 11.3. The van der Waals surface area contributed by atoms with Gasteiger partial charge < -0.3 is 4.74 Å². The highest BCUT2D eigenvalue weighted by Gasteiger charge is 2.31. The molecule has 1 aliphatic rings. The minimum Gasteiger partial charge on any atom is -0.487 e. The molecule has 1 aromatic carbocycles. The SMILES string of the molecule is CC1CC(=O)c2c(OCc3cc(=O)n(C)c(=O)n3C)ccc(Cl)c21. The first-order valence-corrected chi connectivity index (χ1v) is 7.93. The van der Waals surface area contributed by atoms with Gasteiger partial charge in [0, 0.05) is 31.6 Å². The van der Waals surface area contributed by atoms with Gasteiger partial charge in [-0.15, -0.1) is 0 Å². The normalized spacial score (nSPS) is 16.3. The average molecular weight is 349 g/mol. The molecule has 0 aliphatic heterocycles. The largest absolute Gasteiger partial charge is 0.487 e. The maximum absolute atomic E-state index is 12.2. The second-order valence-electron chi connectivity index (χ2n) is 6.03. The molecule has 1 aliphatic carbocycles. The number of hydrogen-bond donors (Lipinski definition) is 0. The van der Waals surface area contributed by atoms with Crippen molar-refractivity contribution in [1.82, 2.24) is 9.13 Å². The molecular formula is C17H17ClN2O4. The molecule has 1 unspecified atom stereocenters. The van der Waals surface area contributed by atoms with E-state index in [2.05, 4.69) is 0 Å². The molecule has 0 bridgehead atoms. The third-order valence-electron chi connectivity index (χ3n) is 4.42. The fourth-order valence-electron chi connectivity index (χ4n) is 3.01. The summed E-state index contributed by atoms with van der Waals surface area (Å²) in [5.41, 5.74) is 0.918. The zero-order chi connectivity index (χ0) is 17.6. The van der Waals surface area contributed by atoms with E-state index in [1.165, 1.54) is 17.7 Å². The van der Waals surface area contributed by atoms with E-state index < -0.39 is 11.2 Å². The third-order valence-corrected chi connectivity index (χ3v) is 4.75. The van der Waals surface area contributed by atoms with Gasteiger partial charge in [-0.1, -0.05) is 18.5 Å². The number of halogens is 1. The Bertz CT molecular complexity index is 958. The Morgan fingerprint density at radius 1 is 1.21 bits per heavy atom. The van der Waals surface area contributed by atoms with Crippen LogP contribution < -0.4 is 16.0 Å². The molecule has 0 N–H and O–H groups in total. The number of hydrogen-bond acceptors (Lipinski definition) is 4. The number of fused-ring (bicyclic) bond motifs is 1. The summed E-state index contributed by atoms with van der Waals surface area (Å²) in [6, 6.07) is 4.70. The number of rotatable bonds is 3. The summed E-state index contributed by atoms with van der Waals surface area (Å²) >= 11 is 6.21. The van der Waals surface area contributed by atoms with Crippen molar-refractivity contribution in [3.63, 3.8) is 0 Å². The van der Waals surface area contributed by atoms with Crippen molar-refractivity contribution in [2.45, 2.75) is 25.9 Å². The highest BCUT2D eigenvalue weighted by molar-refractivity contribution is 6.32. The molecule has 0 saturated heterocycles. The summed E-state index contributed by atoms with van der Waals surface area (Å²) in [5.74, 6) is 0.474. The monoisotopic (exact) mass is 348 g/mol. The van der Waals surface area contributed by atoms with Crippen LogP contribution in [0.2, 0.25) is 5.02 Å². The lowest BCUT2D eigenvalue weighted by Crippen LogP contribution is -2.38. The smallest absolute Gasteiger partial charge is 0.330 e. The van der Waals surface area contributed by atoms with Gasteiger partial charge in [0.2, 0.25) is 0 Å². The van der Waals surface area contributed by atoms with Crippen molar-refractivity contribution in [1.29, 1.82) is 0 Å². The van der Waals surface area contributed by atoms with Crippen LogP contribution in [-0.4, -0.2) is 14.9 Å². The average Bonchev–Trinajstić information content (AvgIpc) is 2.85. The van der Waals surface area contributed by atoms with Crippen molar-refractivity contribution >= 4 is 17.4 Å². The number of ether oxygens (including phenoxy) is 1. The lowest BCUT2D eigenvalue weighted by molar-refractivity contribution is 0.0986. The fraction of sp³-hybridized carbons (Fsp3) is 0.353. The molecule has 7 heteroatoms. The number of ketones is 1. The maximum Gasteiger partial charge on any atom is 0.330 e. The van der Waals surface area contributed by atoms with Crippen LogP contribution >= 0.6 is 11.6 Å². The van der Waals surface area contributed by atoms with Crippen LogP contribution in [0.15, 0.2) is 27.8 Å². The summed E-state index contributed by atoms with van der Waals surface area (Å²) in [4.78, 5) is 36.0. The van der Waals surface area contributed by atoms with Crippen LogP contribution in [0.4, 0.5) is 0 Å². The minimum absolute atomic E-state index is 0.00661. The number of carbonyl (C=O) groups excluding carboxylic acids is 1. The molecule has 0 spiro atoms. The van der Waals surface area contributed by atoms with Crippen LogP contribution in [0.1, 0.15) is 40.9 Å². The predicted molar refractivity (Wildman–Crippen MR) is 90.1 cm³/mol. The minimum atomic E-state index is -0.424. The first kappa shape index (κ1) is 16.5. The Morgan fingerprint density at radius 3 is 2.62 bits per heavy atom. The molecule has 2 aromatic rings. The molecule has 1 atom stereocenters. The van der Waals surface area contributed by atoms with E-state index in [0.29, 0.717) is 28.5 Å². The molecule has 126 valence electrons. The Hall–Kier alpha value is -2.34. The number of aromatic nitrogens is 2. The second-order valence-corrected chi connectivity index (χ2v) is 6.43. The van der Waals surface area contributed by atoms with Gasteiger partial charge in [-0.05, 0) is 23.6 Å². The molecule has 1 aromatic heterocycles. The number of benzene rings is 1. The zero-order valence-electron chi connectivity index (χ0n) is 13.6. The molecule has 0 saturated carbocycles. The Balaban J connectivity index is 1.97. The van der Waals surface area contributed by atoms with E-state index in [1.807, 2.05) is 6.92 Å². The molecule has 6 nitrogen and oxygen atoms in total. The fourth-order valence-corrected chi connectivity index (χ4v) is 3.36. The van der Waals surface area contributed by atoms with Gasteiger partial charge in [0.15, 0.2) is 5.78 Å². The van der Waals surface area contributed by atoms with Crippen molar-refractivity contribution < 1.29 is 9.53 Å². The lowest BCUT2D eigenvalue weighted by atomic mass is 10.0. The Morgan fingerprint density at radius 2 is 1.92 bits per heavy atom. The van der Waals surface area contributed by atoms with Gasteiger partial charge in [0.05, 0.1) is 11.3 Å². The number of nitrogens with zero attached hydrogens (tertiary/aromatic N) is 2. The summed E-state index contributed by atoms with van der Waals surface area (Å²) in [5, 5.41) is 0.552. The van der Waals surface area contributed by atoms with E-state index in [9.17, 15) is 14.4 Å². The number of carbonyl (C=O) groups is 1. The predicted octanol–water partition coefficient (Wildman–Crippen LogP) is 2.01. The summed E-state index contributed by atoms with van der Waals surface area (Å²) in [7, 11) is 2.99. The summed E-state index contributed by atoms with van der Waals surface area (Å²) < 4.78 is 8.12. The maximum atomic E-state index is 12.2. The standard InChI is InChI=1S/C17H17ClN2O4/c1-9-6-12(21)16-13(5-4-11(18)15(9)16)24-8-10-7-14(22)20(3)17(23)19(10)2/h4-5,7,9H,6,8H2,1-3H3. The Labute approximate surface area is 143 Å². The van der Waals surface area contributed by atoms with Crippen LogP contribution in [0.5, 0.6) is 5.75 Å². The molecule has 0 radical (unpaired) electrons. The van der Waals surface area contributed by atoms with Crippen LogP contribution in [0, 0.1) is 0 Å². The quantitative estimate of drug-likeness (QED) is 0.850. The van der Waals surface area contributed by atoms with Gasteiger partial charge in [-0.25, -0.2) is 4.79 Å². The molecule has 3 rings (SSSR count). The Kier molecular flexibility index (Phi) is 4.09. The highest BCUT2D eigenvalue weighted by Crippen LogP contribution is 2.42. The van der Waals surface area contributed by atoms with Gasteiger partial charge in [0.25, 0.3) is 5.56 Å². The van der Waals surface area contributed by atoms with Gasteiger partial charge >= 0.3 is 5.69 Å². The van der Waals surface area contributed by atoms with Gasteiger partial charge in [0.1, 0.15) is 12.4 Å². The van der Waals surface area contributed by atoms with E-state index in [-0.39, 0.29) is 18.3 Å². The lowest BCUT2D eigenvalue weighted by Gasteiger charge is -2.14. The molecule has 1 heterocycles. The molecule has 24 heavy (non-hydrogen) atoms. The topological polar surface area (TPSA) is 70.3 Å². The van der Waals surface area contributed by atoms with Crippen molar-refractivity contribution in [3.8, 4) is 5.75 Å². The van der Waals surface area contributed by atoms with Crippen molar-refractivity contribution in [2.24, 2.45) is 14.1 Å². The van der Waals surface area contributed by atoms with E-state index in [0.717, 1.165) is 10.1 Å². The van der Waals surface area contributed by atoms with Gasteiger partial charge in [-0.2, -0.15) is 0 Å². The molecule has 0 amide bonds. The highest BCUT2D eigenvalue weighted by atomic mass is 35.5. The van der Waals surface area contributed by atoms with E-state index in [1.54, 1.807) is 19.2 Å². The summed E-state index contributed by atoms with van der Waals surface area (Å²) in [6.07, 6.45) is 0.403.